The number of rotatable bonds is 5. The van der Waals surface area contributed by atoms with E-state index >= 15 is 0 Å². The summed E-state index contributed by atoms with van der Waals surface area (Å²) < 4.78 is 0. The highest BCUT2D eigenvalue weighted by atomic mass is 35.5. The van der Waals surface area contributed by atoms with E-state index in [1.54, 1.807) is 0 Å². The fraction of sp³-hybridized carbons (Fsp3) is 0.600. The zero-order valence-electron chi connectivity index (χ0n) is 11.6. The summed E-state index contributed by atoms with van der Waals surface area (Å²) in [5.41, 5.74) is 3.42. The van der Waals surface area contributed by atoms with Gasteiger partial charge in [-0.05, 0) is 55.4 Å². The van der Waals surface area contributed by atoms with Gasteiger partial charge in [0.2, 0.25) is 0 Å². The van der Waals surface area contributed by atoms with Gasteiger partial charge >= 0.3 is 0 Å². The minimum atomic E-state index is -0.692. The molecule has 0 amide bonds. The Labute approximate surface area is 115 Å². The zero-order chi connectivity index (χ0) is 13.9. The van der Waals surface area contributed by atoms with Crippen LogP contribution in [0.15, 0.2) is 12.1 Å². The predicted octanol–water partition coefficient (Wildman–Crippen LogP) is 3.58. The smallest absolute Gasteiger partial charge is 0.0804 e. The fourth-order valence-electron chi connectivity index (χ4n) is 2.10. The minimum absolute atomic E-state index is 0.132. The number of hydrogen-bond donors (Lipinski definition) is 2. The molecule has 0 heterocycles. The van der Waals surface area contributed by atoms with Crippen molar-refractivity contribution in [1.82, 2.24) is 0 Å². The highest BCUT2D eigenvalue weighted by Gasteiger charge is 2.20. The molecule has 0 bridgehead atoms. The summed E-state index contributed by atoms with van der Waals surface area (Å²) in [7, 11) is 0. The molecule has 102 valence electrons. The lowest BCUT2D eigenvalue weighted by atomic mass is 9.90. The number of aryl methyl sites for hydroxylation is 2. The maximum atomic E-state index is 9.87. The minimum Gasteiger partial charge on any atom is -0.390 e. The van der Waals surface area contributed by atoms with Gasteiger partial charge in [-0.1, -0.05) is 31.5 Å². The van der Waals surface area contributed by atoms with Crippen LogP contribution in [0.25, 0.3) is 0 Å². The molecule has 1 aromatic carbocycles. The van der Waals surface area contributed by atoms with Gasteiger partial charge in [0.05, 0.1) is 12.2 Å². The number of benzene rings is 1. The van der Waals surface area contributed by atoms with E-state index in [1.807, 2.05) is 26.8 Å². The lowest BCUT2D eigenvalue weighted by molar-refractivity contribution is 0.00954. The van der Waals surface area contributed by atoms with Crippen LogP contribution in [0, 0.1) is 13.8 Å². The third-order valence-corrected chi connectivity index (χ3v) is 3.93. The van der Waals surface area contributed by atoms with Crippen molar-refractivity contribution in [1.29, 1.82) is 0 Å². The Bertz CT molecular complexity index is 404. The highest BCUT2D eigenvalue weighted by Crippen LogP contribution is 2.30. The molecule has 3 unspecified atom stereocenters. The summed E-state index contributed by atoms with van der Waals surface area (Å²) in [5.74, 6) is 0.132. The van der Waals surface area contributed by atoms with Crippen molar-refractivity contribution in [2.24, 2.45) is 0 Å². The van der Waals surface area contributed by atoms with Crippen LogP contribution in [0.5, 0.6) is 0 Å². The molecular weight excluding hydrogens is 248 g/mol. The Morgan fingerprint density at radius 2 is 1.67 bits per heavy atom. The molecule has 3 atom stereocenters. The third-order valence-electron chi connectivity index (χ3n) is 3.60. The molecule has 3 heteroatoms. The monoisotopic (exact) mass is 270 g/mol. The van der Waals surface area contributed by atoms with E-state index in [1.165, 1.54) is 11.1 Å². The molecule has 0 aromatic heterocycles. The summed E-state index contributed by atoms with van der Waals surface area (Å²) >= 11 is 6.25. The second-order valence-corrected chi connectivity index (χ2v) is 5.54. The van der Waals surface area contributed by atoms with Crippen molar-refractivity contribution in [3.63, 3.8) is 0 Å². The summed E-state index contributed by atoms with van der Waals surface area (Å²) in [6.07, 6.45) is -0.258. The lowest BCUT2D eigenvalue weighted by Crippen LogP contribution is -2.26. The predicted molar refractivity (Wildman–Crippen MR) is 76.3 cm³/mol. The summed E-state index contributed by atoms with van der Waals surface area (Å²) in [5, 5.41) is 20.2. The summed E-state index contributed by atoms with van der Waals surface area (Å²) in [4.78, 5) is 0. The highest BCUT2D eigenvalue weighted by molar-refractivity contribution is 6.31. The van der Waals surface area contributed by atoms with Crippen molar-refractivity contribution in [2.45, 2.75) is 58.7 Å². The molecule has 1 aromatic rings. The molecule has 2 N–H and O–H groups in total. The van der Waals surface area contributed by atoms with Gasteiger partial charge in [-0.15, -0.1) is 0 Å². The van der Waals surface area contributed by atoms with Crippen LogP contribution in [-0.4, -0.2) is 22.4 Å². The topological polar surface area (TPSA) is 40.5 Å². The third kappa shape index (κ3) is 3.71. The summed E-state index contributed by atoms with van der Waals surface area (Å²) in [6.45, 7) is 7.98. The molecule has 2 nitrogen and oxygen atoms in total. The van der Waals surface area contributed by atoms with Gasteiger partial charge in [0.1, 0.15) is 0 Å². The molecule has 0 saturated heterocycles. The number of aliphatic hydroxyl groups is 2. The van der Waals surface area contributed by atoms with E-state index in [-0.39, 0.29) is 5.92 Å². The Hall–Kier alpha value is -0.570. The van der Waals surface area contributed by atoms with Crippen molar-refractivity contribution in [2.75, 3.05) is 0 Å². The van der Waals surface area contributed by atoms with E-state index in [9.17, 15) is 10.2 Å². The Balaban J connectivity index is 2.84. The molecule has 0 aliphatic carbocycles. The number of aliphatic hydroxyl groups excluding tert-OH is 2. The molecular formula is C15H23ClO2. The molecule has 0 radical (unpaired) electrons. The first kappa shape index (κ1) is 15.5. The van der Waals surface area contributed by atoms with Crippen LogP contribution in [0.2, 0.25) is 5.02 Å². The van der Waals surface area contributed by atoms with Crippen LogP contribution in [-0.2, 0) is 0 Å². The Morgan fingerprint density at radius 3 is 2.22 bits per heavy atom. The van der Waals surface area contributed by atoms with Gasteiger partial charge in [-0.2, -0.15) is 0 Å². The van der Waals surface area contributed by atoms with Crippen molar-refractivity contribution in [3.8, 4) is 0 Å². The second kappa shape index (κ2) is 6.55. The van der Waals surface area contributed by atoms with E-state index in [0.29, 0.717) is 12.8 Å². The van der Waals surface area contributed by atoms with E-state index in [0.717, 1.165) is 10.6 Å². The van der Waals surface area contributed by atoms with E-state index in [2.05, 4.69) is 13.0 Å². The number of hydrogen-bond acceptors (Lipinski definition) is 2. The molecule has 0 aliphatic rings. The van der Waals surface area contributed by atoms with Crippen LogP contribution >= 0.6 is 11.6 Å². The van der Waals surface area contributed by atoms with Crippen molar-refractivity contribution < 1.29 is 10.2 Å². The van der Waals surface area contributed by atoms with E-state index < -0.39 is 12.2 Å². The standard InChI is InChI=1S/C15H23ClO2/c1-5-14(17)15(18)8-11(4)12-6-9(2)10(3)7-13(12)16/h6-7,11,14-15,17-18H,5,8H2,1-4H3. The molecule has 18 heavy (non-hydrogen) atoms. The lowest BCUT2D eigenvalue weighted by Gasteiger charge is -2.22. The largest absolute Gasteiger partial charge is 0.390 e. The Kier molecular flexibility index (Phi) is 5.64. The summed E-state index contributed by atoms with van der Waals surface area (Å²) in [6, 6.07) is 4.04. The van der Waals surface area contributed by atoms with Crippen molar-refractivity contribution >= 4 is 11.6 Å². The molecule has 0 fully saturated rings. The maximum Gasteiger partial charge on any atom is 0.0804 e. The van der Waals surface area contributed by atoms with Crippen LogP contribution < -0.4 is 0 Å². The van der Waals surface area contributed by atoms with Crippen LogP contribution in [0.3, 0.4) is 0 Å². The van der Waals surface area contributed by atoms with Gasteiger partial charge < -0.3 is 10.2 Å². The van der Waals surface area contributed by atoms with Crippen LogP contribution in [0.4, 0.5) is 0 Å². The first-order valence-electron chi connectivity index (χ1n) is 6.49. The average molecular weight is 271 g/mol. The Morgan fingerprint density at radius 1 is 1.11 bits per heavy atom. The van der Waals surface area contributed by atoms with Gasteiger partial charge in [0.15, 0.2) is 0 Å². The van der Waals surface area contributed by atoms with Gasteiger partial charge in [0, 0.05) is 5.02 Å². The quantitative estimate of drug-likeness (QED) is 0.859. The van der Waals surface area contributed by atoms with Crippen molar-refractivity contribution in [3.05, 3.63) is 33.8 Å². The van der Waals surface area contributed by atoms with Gasteiger partial charge in [-0.25, -0.2) is 0 Å². The maximum absolute atomic E-state index is 9.87. The normalized spacial score (nSPS) is 16.4. The molecule has 0 saturated carbocycles. The molecule has 0 aliphatic heterocycles. The first-order valence-corrected chi connectivity index (χ1v) is 6.87. The van der Waals surface area contributed by atoms with Crippen LogP contribution in [0.1, 0.15) is 49.3 Å². The van der Waals surface area contributed by atoms with Gasteiger partial charge in [-0.3, -0.25) is 0 Å². The molecule has 1 rings (SSSR count). The average Bonchev–Trinajstić information content (AvgIpc) is 2.32. The SMILES string of the molecule is CCC(O)C(O)CC(C)c1cc(C)c(C)cc1Cl. The first-order chi connectivity index (χ1) is 8.36. The zero-order valence-corrected chi connectivity index (χ0v) is 12.3. The second-order valence-electron chi connectivity index (χ2n) is 5.14. The molecule has 0 spiro atoms. The number of halogens is 1. The fourth-order valence-corrected chi connectivity index (χ4v) is 2.50. The van der Waals surface area contributed by atoms with Gasteiger partial charge in [0.25, 0.3) is 0 Å². The van der Waals surface area contributed by atoms with E-state index in [4.69, 9.17) is 11.6 Å².